The summed E-state index contributed by atoms with van der Waals surface area (Å²) >= 11 is 5.63. The molecule has 1 amide bonds. The zero-order valence-electron chi connectivity index (χ0n) is 12.0. The lowest BCUT2D eigenvalue weighted by molar-refractivity contribution is 0.0934. The van der Waals surface area contributed by atoms with Gasteiger partial charge in [-0.05, 0) is 30.5 Å². The van der Waals surface area contributed by atoms with E-state index in [9.17, 15) is 17.6 Å². The fourth-order valence-electron chi connectivity index (χ4n) is 2.16. The van der Waals surface area contributed by atoms with Crippen LogP contribution >= 0.6 is 11.6 Å². The van der Waals surface area contributed by atoms with Crippen molar-refractivity contribution in [2.24, 2.45) is 0 Å². The van der Waals surface area contributed by atoms with Crippen molar-refractivity contribution >= 4 is 27.5 Å². The van der Waals surface area contributed by atoms with Crippen LogP contribution in [0.15, 0.2) is 12.1 Å². The molecule has 1 aromatic rings. The van der Waals surface area contributed by atoms with Crippen molar-refractivity contribution in [2.45, 2.75) is 24.7 Å². The summed E-state index contributed by atoms with van der Waals surface area (Å²) in [6.45, 7) is 0.207. The van der Waals surface area contributed by atoms with E-state index in [0.717, 1.165) is 6.07 Å². The number of nitrogens with one attached hydrogen (secondary N) is 2. The maximum absolute atomic E-state index is 13.9. The van der Waals surface area contributed by atoms with E-state index < -0.39 is 39.2 Å². The molecular weight excluding hydrogens is 351 g/mol. The van der Waals surface area contributed by atoms with Crippen molar-refractivity contribution in [3.05, 3.63) is 34.1 Å². The molecule has 1 heterocycles. The minimum Gasteiger partial charge on any atom is -0.392 e. The summed E-state index contributed by atoms with van der Waals surface area (Å²) in [7, 11) is -3.79. The van der Waals surface area contributed by atoms with Crippen molar-refractivity contribution in [2.75, 3.05) is 13.2 Å². The Kier molecular flexibility index (Phi) is 5.93. The van der Waals surface area contributed by atoms with Gasteiger partial charge in [0.15, 0.2) is 5.82 Å². The number of carbonyl (C=O) groups is 1. The monoisotopic (exact) mass is 366 g/mol. The fraction of sp³-hybridized carbons (Fsp3) is 0.462. The predicted molar refractivity (Wildman–Crippen MR) is 80.7 cm³/mol. The maximum Gasteiger partial charge on any atom is 0.269 e. The smallest absolute Gasteiger partial charge is 0.269 e. The van der Waals surface area contributed by atoms with E-state index in [1.807, 2.05) is 10.3 Å². The molecule has 0 spiro atoms. The molecule has 1 aromatic carbocycles. The Balaban J connectivity index is 2.09. The molecule has 0 unspecified atom stereocenters. The molecule has 23 heavy (non-hydrogen) atoms. The number of sulfonamides is 1. The van der Waals surface area contributed by atoms with Gasteiger partial charge < -0.3 is 9.84 Å². The van der Waals surface area contributed by atoms with E-state index in [0.29, 0.717) is 26.1 Å². The number of amides is 1. The first-order valence-electron chi connectivity index (χ1n) is 6.82. The van der Waals surface area contributed by atoms with Gasteiger partial charge in [0.1, 0.15) is 0 Å². The Morgan fingerprint density at radius 2 is 2.04 bits per heavy atom. The van der Waals surface area contributed by atoms with Crippen LogP contribution in [0.2, 0.25) is 5.02 Å². The third kappa shape index (κ3) is 4.39. The number of carbonyl (C=O) groups excluding carboxylic acids is 1. The van der Waals surface area contributed by atoms with Crippen molar-refractivity contribution in [1.82, 2.24) is 10.3 Å². The van der Waals surface area contributed by atoms with E-state index >= 15 is 0 Å². The van der Waals surface area contributed by atoms with Gasteiger partial charge in [-0.25, -0.2) is 12.8 Å². The summed E-state index contributed by atoms with van der Waals surface area (Å²) in [5.74, 6) is -2.00. The SMILES string of the molecule is O=C(NNS(=O)(=O)C1CCOCC1)c1cc(CO)cc(Cl)c1F. The number of aliphatic hydroxyl groups is 1. The standard InChI is InChI=1S/C13H16ClFN2O5S/c14-11-6-8(7-18)5-10(12(11)15)13(19)16-17-23(20,21)9-1-3-22-4-2-9/h5-6,9,17-18H,1-4,7H2,(H,16,19). The lowest BCUT2D eigenvalue weighted by Crippen LogP contribution is -2.47. The summed E-state index contributed by atoms with van der Waals surface area (Å²) in [6, 6.07) is 2.28. The van der Waals surface area contributed by atoms with Gasteiger partial charge in [-0.1, -0.05) is 11.6 Å². The molecule has 0 saturated carbocycles. The third-order valence-electron chi connectivity index (χ3n) is 3.43. The van der Waals surface area contributed by atoms with Crippen LogP contribution in [0.1, 0.15) is 28.8 Å². The number of rotatable bonds is 5. The van der Waals surface area contributed by atoms with Gasteiger partial charge in [0.05, 0.1) is 22.4 Å². The third-order valence-corrected chi connectivity index (χ3v) is 5.44. The molecule has 7 nitrogen and oxygen atoms in total. The fourth-order valence-corrected chi connectivity index (χ4v) is 3.61. The second-order valence-corrected chi connectivity index (χ2v) is 7.38. The minimum absolute atomic E-state index is 0.230. The Morgan fingerprint density at radius 1 is 1.39 bits per heavy atom. The van der Waals surface area contributed by atoms with Crippen molar-refractivity contribution < 1.29 is 27.4 Å². The van der Waals surface area contributed by atoms with Gasteiger partial charge in [0.25, 0.3) is 5.91 Å². The first-order chi connectivity index (χ1) is 10.8. The normalized spacial score (nSPS) is 16.3. The number of hydrazine groups is 1. The van der Waals surface area contributed by atoms with Crippen LogP contribution < -0.4 is 10.3 Å². The zero-order valence-corrected chi connectivity index (χ0v) is 13.6. The van der Waals surface area contributed by atoms with Crippen molar-refractivity contribution in [3.63, 3.8) is 0 Å². The molecule has 2 rings (SSSR count). The Bertz CT molecular complexity index is 692. The Hall–Kier alpha value is -1.26. The lowest BCUT2D eigenvalue weighted by atomic mass is 10.1. The van der Waals surface area contributed by atoms with E-state index in [4.69, 9.17) is 21.4 Å². The first-order valence-corrected chi connectivity index (χ1v) is 8.75. The summed E-state index contributed by atoms with van der Waals surface area (Å²) in [5.41, 5.74) is 1.73. The highest BCUT2D eigenvalue weighted by molar-refractivity contribution is 7.90. The van der Waals surface area contributed by atoms with Crippen molar-refractivity contribution in [1.29, 1.82) is 0 Å². The number of hydrogen-bond donors (Lipinski definition) is 3. The van der Waals surface area contributed by atoms with Crippen LogP contribution in [0.25, 0.3) is 0 Å². The van der Waals surface area contributed by atoms with Gasteiger partial charge in [0, 0.05) is 13.2 Å². The molecular formula is C13H16ClFN2O5S. The molecule has 10 heteroatoms. The molecule has 0 bridgehead atoms. The summed E-state index contributed by atoms with van der Waals surface area (Å²) < 4.78 is 43.1. The number of aliphatic hydroxyl groups excluding tert-OH is 1. The van der Waals surface area contributed by atoms with Crippen LogP contribution in [0.3, 0.4) is 0 Å². The van der Waals surface area contributed by atoms with Gasteiger partial charge in [-0.2, -0.15) is 0 Å². The summed E-state index contributed by atoms with van der Waals surface area (Å²) in [6.07, 6.45) is 0.622. The summed E-state index contributed by atoms with van der Waals surface area (Å²) in [5, 5.41) is 8.03. The molecule has 1 aliphatic rings. The topological polar surface area (TPSA) is 105 Å². The Labute approximate surface area is 137 Å². The molecule has 0 radical (unpaired) electrons. The molecule has 3 N–H and O–H groups in total. The highest BCUT2D eigenvalue weighted by Gasteiger charge is 2.28. The largest absolute Gasteiger partial charge is 0.392 e. The average molecular weight is 367 g/mol. The van der Waals surface area contributed by atoms with Crippen LogP contribution in [-0.4, -0.2) is 37.9 Å². The molecule has 0 aromatic heterocycles. The van der Waals surface area contributed by atoms with Crippen LogP contribution in [0.5, 0.6) is 0 Å². The predicted octanol–water partition coefficient (Wildman–Crippen LogP) is 0.715. The second-order valence-electron chi connectivity index (χ2n) is 5.01. The Morgan fingerprint density at radius 3 is 2.65 bits per heavy atom. The van der Waals surface area contributed by atoms with Gasteiger partial charge >= 0.3 is 0 Å². The van der Waals surface area contributed by atoms with Crippen LogP contribution in [0.4, 0.5) is 4.39 Å². The van der Waals surface area contributed by atoms with E-state index in [2.05, 4.69) is 0 Å². The molecule has 1 saturated heterocycles. The molecule has 128 valence electrons. The number of ether oxygens (including phenoxy) is 1. The molecule has 0 atom stereocenters. The van der Waals surface area contributed by atoms with Gasteiger partial charge in [-0.3, -0.25) is 10.2 Å². The highest BCUT2D eigenvalue weighted by atomic mass is 35.5. The van der Waals surface area contributed by atoms with Gasteiger partial charge in [0.2, 0.25) is 10.0 Å². The van der Waals surface area contributed by atoms with Gasteiger partial charge in [-0.15, -0.1) is 4.83 Å². The van der Waals surface area contributed by atoms with Crippen molar-refractivity contribution in [3.8, 4) is 0 Å². The molecule has 0 aliphatic carbocycles. The molecule has 1 fully saturated rings. The average Bonchev–Trinajstić information content (AvgIpc) is 2.56. The number of benzene rings is 1. The summed E-state index contributed by atoms with van der Waals surface area (Å²) in [4.78, 5) is 13.9. The maximum atomic E-state index is 13.9. The second kappa shape index (κ2) is 7.54. The zero-order chi connectivity index (χ0) is 17.0. The minimum atomic E-state index is -3.79. The van der Waals surface area contributed by atoms with Crippen LogP contribution in [0, 0.1) is 5.82 Å². The lowest BCUT2D eigenvalue weighted by Gasteiger charge is -2.22. The van der Waals surface area contributed by atoms with E-state index in [1.165, 1.54) is 6.07 Å². The number of halogens is 2. The quantitative estimate of drug-likeness (QED) is 0.666. The van der Waals surface area contributed by atoms with E-state index in [-0.39, 0.29) is 10.6 Å². The highest BCUT2D eigenvalue weighted by Crippen LogP contribution is 2.21. The van der Waals surface area contributed by atoms with Crippen LogP contribution in [-0.2, 0) is 21.4 Å². The first kappa shape index (κ1) is 18.1. The molecule has 1 aliphatic heterocycles. The van der Waals surface area contributed by atoms with E-state index in [1.54, 1.807) is 0 Å². The number of hydrogen-bond acceptors (Lipinski definition) is 5.